The van der Waals surface area contributed by atoms with Crippen molar-refractivity contribution in [3.63, 3.8) is 0 Å². The monoisotopic (exact) mass is 206 g/mol. The number of hydrogen-bond donors (Lipinski definition) is 0. The van der Waals surface area contributed by atoms with Crippen molar-refractivity contribution in [2.75, 3.05) is 20.8 Å². The van der Waals surface area contributed by atoms with Gasteiger partial charge in [0.2, 0.25) is 0 Å². The molecule has 1 heterocycles. The first-order valence-electron chi connectivity index (χ1n) is 4.84. The normalized spacial score (nSPS) is 19.9. The molecule has 0 bridgehead atoms. The summed E-state index contributed by atoms with van der Waals surface area (Å²) in [6.07, 6.45) is 1.88. The van der Waals surface area contributed by atoms with E-state index in [4.69, 9.17) is 14.2 Å². The highest BCUT2D eigenvalue weighted by molar-refractivity contribution is 5.32. The van der Waals surface area contributed by atoms with Crippen molar-refractivity contribution in [1.82, 2.24) is 0 Å². The zero-order chi connectivity index (χ0) is 10.7. The molecule has 1 aromatic rings. The third kappa shape index (κ3) is 1.97. The second kappa shape index (κ2) is 4.36. The van der Waals surface area contributed by atoms with Crippen LogP contribution in [0.1, 0.15) is 11.7 Å². The summed E-state index contributed by atoms with van der Waals surface area (Å²) in [6.45, 7) is 0.611. The highest BCUT2D eigenvalue weighted by Crippen LogP contribution is 2.31. The number of ether oxygens (including phenoxy) is 3. The summed E-state index contributed by atoms with van der Waals surface area (Å²) in [5, 5.41) is 0. The summed E-state index contributed by atoms with van der Waals surface area (Å²) in [7, 11) is 3.32. The van der Waals surface area contributed by atoms with Gasteiger partial charge >= 0.3 is 0 Å². The van der Waals surface area contributed by atoms with E-state index in [2.05, 4.69) is 0 Å². The molecule has 1 aromatic carbocycles. The quantitative estimate of drug-likeness (QED) is 0.759. The zero-order valence-electron chi connectivity index (χ0n) is 8.90. The van der Waals surface area contributed by atoms with E-state index in [-0.39, 0.29) is 6.10 Å². The molecule has 0 fully saturated rings. The topological polar surface area (TPSA) is 27.7 Å². The van der Waals surface area contributed by atoms with E-state index >= 15 is 0 Å². The molecule has 15 heavy (non-hydrogen) atoms. The van der Waals surface area contributed by atoms with Crippen LogP contribution in [0.15, 0.2) is 36.1 Å². The van der Waals surface area contributed by atoms with Gasteiger partial charge in [-0.1, -0.05) is 12.1 Å². The van der Waals surface area contributed by atoms with Crippen LogP contribution >= 0.6 is 0 Å². The van der Waals surface area contributed by atoms with Gasteiger partial charge in [0.1, 0.15) is 17.6 Å². The van der Waals surface area contributed by atoms with Crippen LogP contribution in [0.4, 0.5) is 0 Å². The highest BCUT2D eigenvalue weighted by Gasteiger charge is 2.22. The minimum Gasteiger partial charge on any atom is -0.498 e. The Hall–Kier alpha value is -1.48. The number of methoxy groups -OCH3 is 2. The molecule has 80 valence electrons. The minimum absolute atomic E-state index is 0.0686. The molecule has 0 spiro atoms. The van der Waals surface area contributed by atoms with Gasteiger partial charge < -0.3 is 14.2 Å². The Morgan fingerprint density at radius 3 is 2.47 bits per heavy atom. The summed E-state index contributed by atoms with van der Waals surface area (Å²) >= 11 is 0. The molecule has 3 nitrogen and oxygen atoms in total. The van der Waals surface area contributed by atoms with Gasteiger partial charge in [-0.3, -0.25) is 0 Å². The summed E-state index contributed by atoms with van der Waals surface area (Å²) in [5.74, 6) is 1.72. The van der Waals surface area contributed by atoms with Crippen molar-refractivity contribution in [2.24, 2.45) is 0 Å². The van der Waals surface area contributed by atoms with Crippen LogP contribution in [0.2, 0.25) is 0 Å². The van der Waals surface area contributed by atoms with Crippen LogP contribution in [0, 0.1) is 0 Å². The molecule has 0 N–H and O–H groups in total. The maximum absolute atomic E-state index is 5.56. The van der Waals surface area contributed by atoms with Gasteiger partial charge in [0.15, 0.2) is 0 Å². The first kappa shape index (κ1) is 10.1. The summed E-state index contributed by atoms with van der Waals surface area (Å²) < 4.78 is 15.9. The molecular formula is C12H14O3. The first-order chi connectivity index (χ1) is 7.35. The van der Waals surface area contributed by atoms with E-state index in [0.29, 0.717) is 6.61 Å². The fraction of sp³-hybridized carbons (Fsp3) is 0.333. The van der Waals surface area contributed by atoms with E-state index in [1.165, 1.54) is 0 Å². The fourth-order valence-electron chi connectivity index (χ4n) is 1.65. The molecule has 1 unspecified atom stereocenters. The van der Waals surface area contributed by atoms with E-state index < -0.39 is 0 Å². The first-order valence-corrected chi connectivity index (χ1v) is 4.84. The summed E-state index contributed by atoms with van der Waals surface area (Å²) in [6, 6.07) is 7.82. The van der Waals surface area contributed by atoms with E-state index in [0.717, 1.165) is 17.1 Å². The SMILES string of the molecule is COC1=CCOC1c1ccc(OC)cc1. The third-order valence-corrected chi connectivity index (χ3v) is 2.46. The molecule has 0 aromatic heterocycles. The van der Waals surface area contributed by atoms with Gasteiger partial charge in [-0.15, -0.1) is 0 Å². The molecule has 0 radical (unpaired) electrons. The van der Waals surface area contributed by atoms with Crippen LogP contribution in [-0.2, 0) is 9.47 Å². The molecular weight excluding hydrogens is 192 g/mol. The van der Waals surface area contributed by atoms with Crippen molar-refractivity contribution in [3.8, 4) is 5.75 Å². The number of benzene rings is 1. The van der Waals surface area contributed by atoms with Crippen LogP contribution < -0.4 is 4.74 Å². The Kier molecular flexibility index (Phi) is 2.92. The maximum Gasteiger partial charge on any atom is 0.140 e. The van der Waals surface area contributed by atoms with Crippen LogP contribution in [0.5, 0.6) is 5.75 Å². The third-order valence-electron chi connectivity index (χ3n) is 2.46. The Morgan fingerprint density at radius 2 is 1.87 bits per heavy atom. The predicted molar refractivity (Wildman–Crippen MR) is 56.8 cm³/mol. The van der Waals surface area contributed by atoms with E-state index in [1.54, 1.807) is 14.2 Å². The van der Waals surface area contributed by atoms with Crippen molar-refractivity contribution in [1.29, 1.82) is 0 Å². The largest absolute Gasteiger partial charge is 0.498 e. The lowest BCUT2D eigenvalue weighted by Crippen LogP contribution is -2.02. The van der Waals surface area contributed by atoms with Crippen molar-refractivity contribution >= 4 is 0 Å². The molecule has 2 rings (SSSR count). The minimum atomic E-state index is -0.0686. The van der Waals surface area contributed by atoms with Gasteiger partial charge in [-0.25, -0.2) is 0 Å². The van der Waals surface area contributed by atoms with Gasteiger partial charge in [0, 0.05) is 0 Å². The Balaban J connectivity index is 2.19. The zero-order valence-corrected chi connectivity index (χ0v) is 8.90. The van der Waals surface area contributed by atoms with Crippen molar-refractivity contribution in [2.45, 2.75) is 6.10 Å². The molecule has 0 amide bonds. The Labute approximate surface area is 89.3 Å². The average Bonchev–Trinajstić information content (AvgIpc) is 2.77. The molecule has 0 aliphatic carbocycles. The maximum atomic E-state index is 5.56. The highest BCUT2D eigenvalue weighted by atomic mass is 16.5. The van der Waals surface area contributed by atoms with Gasteiger partial charge in [-0.05, 0) is 23.8 Å². The lowest BCUT2D eigenvalue weighted by Gasteiger charge is -2.14. The molecule has 0 saturated heterocycles. The van der Waals surface area contributed by atoms with Gasteiger partial charge in [-0.2, -0.15) is 0 Å². The van der Waals surface area contributed by atoms with Crippen molar-refractivity contribution in [3.05, 3.63) is 41.7 Å². The smallest absolute Gasteiger partial charge is 0.140 e. The molecule has 1 aliphatic rings. The molecule has 0 saturated carbocycles. The Morgan fingerprint density at radius 1 is 1.13 bits per heavy atom. The van der Waals surface area contributed by atoms with Crippen LogP contribution in [-0.4, -0.2) is 20.8 Å². The van der Waals surface area contributed by atoms with Crippen molar-refractivity contribution < 1.29 is 14.2 Å². The Bertz CT molecular complexity index is 354. The lowest BCUT2D eigenvalue weighted by atomic mass is 10.1. The summed E-state index contributed by atoms with van der Waals surface area (Å²) in [4.78, 5) is 0. The lowest BCUT2D eigenvalue weighted by molar-refractivity contribution is 0.0852. The van der Waals surface area contributed by atoms with Crippen LogP contribution in [0.3, 0.4) is 0 Å². The number of rotatable bonds is 3. The fourth-order valence-corrected chi connectivity index (χ4v) is 1.65. The van der Waals surface area contributed by atoms with Crippen LogP contribution in [0.25, 0.3) is 0 Å². The standard InChI is InChI=1S/C12H14O3/c1-13-10-5-3-9(4-6-10)12-11(14-2)7-8-15-12/h3-7,12H,8H2,1-2H3. The second-order valence-corrected chi connectivity index (χ2v) is 3.30. The van der Waals surface area contributed by atoms with E-state index in [9.17, 15) is 0 Å². The second-order valence-electron chi connectivity index (χ2n) is 3.30. The predicted octanol–water partition coefficient (Wildman–Crippen LogP) is 2.30. The molecule has 1 atom stereocenters. The average molecular weight is 206 g/mol. The van der Waals surface area contributed by atoms with Gasteiger partial charge in [0.05, 0.1) is 20.8 Å². The number of hydrogen-bond acceptors (Lipinski definition) is 3. The van der Waals surface area contributed by atoms with E-state index in [1.807, 2.05) is 30.3 Å². The van der Waals surface area contributed by atoms with Gasteiger partial charge in [0.25, 0.3) is 0 Å². The summed E-state index contributed by atoms with van der Waals surface area (Å²) in [5.41, 5.74) is 1.08. The molecule has 3 heteroatoms. The molecule has 1 aliphatic heterocycles.